The lowest BCUT2D eigenvalue weighted by Crippen LogP contribution is -2.36. The number of esters is 1. The lowest BCUT2D eigenvalue weighted by atomic mass is 10.0. The fourth-order valence-electron chi connectivity index (χ4n) is 2.72. The maximum atomic E-state index is 12.7. The van der Waals surface area contributed by atoms with Crippen molar-refractivity contribution >= 4 is 29.2 Å². The highest BCUT2D eigenvalue weighted by Gasteiger charge is 2.56. The second-order valence-corrected chi connectivity index (χ2v) is 6.22. The zero-order valence-corrected chi connectivity index (χ0v) is 14.6. The fraction of sp³-hybridized carbons (Fsp3) is 0.200. The summed E-state index contributed by atoms with van der Waals surface area (Å²) in [5.74, 6) is -1.49. The molecule has 0 unspecified atom stereocenters. The van der Waals surface area contributed by atoms with Gasteiger partial charge in [-0.25, -0.2) is 4.79 Å². The van der Waals surface area contributed by atoms with Crippen LogP contribution < -0.4 is 10.6 Å². The quantitative estimate of drug-likeness (QED) is 0.627. The van der Waals surface area contributed by atoms with Gasteiger partial charge in [0.2, 0.25) is 11.8 Å². The van der Waals surface area contributed by atoms with Gasteiger partial charge in [0.1, 0.15) is 5.41 Å². The van der Waals surface area contributed by atoms with Crippen LogP contribution in [-0.2, 0) is 14.3 Å². The maximum Gasteiger partial charge on any atom is 0.339 e. The number of nitriles is 1. The molecule has 0 saturated heterocycles. The molecule has 1 aliphatic carbocycles. The first-order chi connectivity index (χ1) is 13.0. The molecule has 2 aromatic rings. The maximum absolute atomic E-state index is 12.7. The molecule has 0 bridgehead atoms. The Morgan fingerprint density at radius 2 is 1.74 bits per heavy atom. The molecule has 1 fully saturated rings. The van der Waals surface area contributed by atoms with Crippen molar-refractivity contribution in [3.05, 3.63) is 59.7 Å². The van der Waals surface area contributed by atoms with E-state index in [1.165, 1.54) is 13.2 Å². The predicted molar refractivity (Wildman–Crippen MR) is 97.9 cm³/mol. The minimum atomic E-state index is -1.19. The first kappa shape index (κ1) is 18.1. The highest BCUT2D eigenvalue weighted by Crippen LogP contribution is 2.47. The molecule has 0 atom stereocenters. The van der Waals surface area contributed by atoms with E-state index in [-0.39, 0.29) is 5.56 Å². The average Bonchev–Trinajstić information content (AvgIpc) is 3.50. The molecule has 2 aromatic carbocycles. The van der Waals surface area contributed by atoms with Crippen molar-refractivity contribution in [3.8, 4) is 6.07 Å². The molecule has 3 rings (SSSR count). The van der Waals surface area contributed by atoms with E-state index in [1.807, 2.05) is 6.07 Å². The minimum Gasteiger partial charge on any atom is -0.465 e. The molecule has 0 heterocycles. The van der Waals surface area contributed by atoms with E-state index in [2.05, 4.69) is 10.6 Å². The second kappa shape index (κ2) is 7.30. The Morgan fingerprint density at radius 1 is 1.04 bits per heavy atom. The summed E-state index contributed by atoms with van der Waals surface area (Å²) in [6, 6.07) is 14.9. The molecule has 1 saturated carbocycles. The van der Waals surface area contributed by atoms with Gasteiger partial charge in [-0.3, -0.25) is 9.59 Å². The summed E-state index contributed by atoms with van der Waals surface area (Å²) in [6.45, 7) is 0. The molecule has 136 valence electrons. The van der Waals surface area contributed by atoms with E-state index in [4.69, 9.17) is 10.00 Å². The number of amides is 2. The normalized spacial score (nSPS) is 13.8. The minimum absolute atomic E-state index is 0.214. The second-order valence-electron chi connectivity index (χ2n) is 6.22. The van der Waals surface area contributed by atoms with Crippen LogP contribution in [0.5, 0.6) is 0 Å². The monoisotopic (exact) mass is 363 g/mol. The van der Waals surface area contributed by atoms with E-state index < -0.39 is 23.2 Å². The van der Waals surface area contributed by atoms with Crippen molar-refractivity contribution in [2.75, 3.05) is 17.7 Å². The zero-order chi connectivity index (χ0) is 19.4. The van der Waals surface area contributed by atoms with Crippen molar-refractivity contribution in [2.24, 2.45) is 5.41 Å². The summed E-state index contributed by atoms with van der Waals surface area (Å²) >= 11 is 0. The Hall–Kier alpha value is -3.66. The van der Waals surface area contributed by atoms with Gasteiger partial charge in [0, 0.05) is 5.69 Å². The third kappa shape index (κ3) is 3.65. The summed E-state index contributed by atoms with van der Waals surface area (Å²) < 4.78 is 4.71. The number of carbonyl (C=O) groups is 3. The Labute approximate surface area is 155 Å². The number of hydrogen-bond donors (Lipinski definition) is 2. The van der Waals surface area contributed by atoms with Gasteiger partial charge in [-0.2, -0.15) is 5.26 Å². The molecule has 0 spiro atoms. The molecular weight excluding hydrogens is 346 g/mol. The molecule has 0 aliphatic heterocycles. The Morgan fingerprint density at radius 3 is 2.41 bits per heavy atom. The van der Waals surface area contributed by atoms with Crippen molar-refractivity contribution < 1.29 is 19.1 Å². The lowest BCUT2D eigenvalue weighted by molar-refractivity contribution is -0.131. The van der Waals surface area contributed by atoms with Crippen LogP contribution >= 0.6 is 0 Å². The van der Waals surface area contributed by atoms with E-state index in [9.17, 15) is 14.4 Å². The Kier molecular flexibility index (Phi) is 4.90. The van der Waals surface area contributed by atoms with Gasteiger partial charge >= 0.3 is 5.97 Å². The van der Waals surface area contributed by atoms with E-state index in [1.54, 1.807) is 42.5 Å². The molecule has 2 N–H and O–H groups in total. The molecule has 0 radical (unpaired) electrons. The van der Waals surface area contributed by atoms with Crippen LogP contribution in [0.15, 0.2) is 48.5 Å². The highest BCUT2D eigenvalue weighted by atomic mass is 16.5. The van der Waals surface area contributed by atoms with Crippen LogP contribution in [0.25, 0.3) is 0 Å². The third-order valence-electron chi connectivity index (χ3n) is 4.45. The van der Waals surface area contributed by atoms with Crippen LogP contribution in [0.3, 0.4) is 0 Å². The van der Waals surface area contributed by atoms with Gasteiger partial charge < -0.3 is 15.4 Å². The van der Waals surface area contributed by atoms with Gasteiger partial charge in [-0.05, 0) is 43.2 Å². The molecular formula is C20H17N3O4. The first-order valence-electron chi connectivity index (χ1n) is 8.30. The predicted octanol–water partition coefficient (Wildman–Crippen LogP) is 2.70. The number of nitrogens with zero attached hydrogens (tertiary/aromatic N) is 1. The number of anilines is 2. The number of carbonyl (C=O) groups excluding carboxylic acids is 3. The Bertz CT molecular complexity index is 958. The fourth-order valence-corrected chi connectivity index (χ4v) is 2.72. The molecule has 7 nitrogen and oxygen atoms in total. The number of hydrogen-bond acceptors (Lipinski definition) is 5. The van der Waals surface area contributed by atoms with Crippen molar-refractivity contribution in [3.63, 3.8) is 0 Å². The van der Waals surface area contributed by atoms with E-state index in [0.717, 1.165) is 0 Å². The molecule has 1 aliphatic rings. The average molecular weight is 363 g/mol. The number of rotatable bonds is 5. The van der Waals surface area contributed by atoms with Gasteiger partial charge in [0.25, 0.3) is 0 Å². The molecule has 0 aromatic heterocycles. The zero-order valence-electron chi connectivity index (χ0n) is 14.6. The van der Waals surface area contributed by atoms with Crippen molar-refractivity contribution in [1.82, 2.24) is 0 Å². The highest BCUT2D eigenvalue weighted by molar-refractivity contribution is 6.17. The van der Waals surface area contributed by atoms with Crippen LogP contribution in [-0.4, -0.2) is 24.9 Å². The summed E-state index contributed by atoms with van der Waals surface area (Å²) in [5, 5.41) is 14.3. The van der Waals surface area contributed by atoms with Crippen LogP contribution in [0.4, 0.5) is 11.4 Å². The Balaban J connectivity index is 1.76. The van der Waals surface area contributed by atoms with Crippen molar-refractivity contribution in [1.29, 1.82) is 5.26 Å². The molecule has 2 amide bonds. The largest absolute Gasteiger partial charge is 0.465 e. The van der Waals surface area contributed by atoms with E-state index >= 15 is 0 Å². The van der Waals surface area contributed by atoms with Gasteiger partial charge in [-0.15, -0.1) is 0 Å². The number of nitrogens with one attached hydrogen (secondary N) is 2. The standard InChI is InChI=1S/C20H17N3O4/c1-27-17(24)15-7-2-3-8-16(15)23-19(26)20(9-10-20)18(25)22-14-6-4-5-13(11-14)12-21/h2-8,11H,9-10H2,1H3,(H,22,25)(H,23,26). The van der Waals surface area contributed by atoms with Crippen LogP contribution in [0.1, 0.15) is 28.8 Å². The third-order valence-corrected chi connectivity index (χ3v) is 4.45. The van der Waals surface area contributed by atoms with Gasteiger partial charge in [0.15, 0.2) is 0 Å². The van der Waals surface area contributed by atoms with Gasteiger partial charge in [0.05, 0.1) is 30.0 Å². The van der Waals surface area contributed by atoms with E-state index in [0.29, 0.717) is 29.8 Å². The number of methoxy groups -OCH3 is 1. The summed E-state index contributed by atoms with van der Waals surface area (Å²) in [6.07, 6.45) is 0.812. The SMILES string of the molecule is COC(=O)c1ccccc1NC(=O)C1(C(=O)Nc2cccc(C#N)c2)CC1. The first-order valence-corrected chi connectivity index (χ1v) is 8.30. The molecule has 7 heteroatoms. The molecule has 27 heavy (non-hydrogen) atoms. The lowest BCUT2D eigenvalue weighted by Gasteiger charge is -2.17. The summed E-state index contributed by atoms with van der Waals surface area (Å²) in [5.41, 5.74) is 0.180. The number of ether oxygens (including phenoxy) is 1. The van der Waals surface area contributed by atoms with Crippen LogP contribution in [0, 0.1) is 16.7 Å². The number of para-hydroxylation sites is 1. The van der Waals surface area contributed by atoms with Gasteiger partial charge in [-0.1, -0.05) is 18.2 Å². The topological polar surface area (TPSA) is 108 Å². The van der Waals surface area contributed by atoms with Crippen molar-refractivity contribution in [2.45, 2.75) is 12.8 Å². The summed E-state index contributed by atoms with van der Waals surface area (Å²) in [7, 11) is 1.26. The smallest absolute Gasteiger partial charge is 0.339 e. The van der Waals surface area contributed by atoms with Crippen LogP contribution in [0.2, 0.25) is 0 Å². The number of benzene rings is 2. The summed E-state index contributed by atoms with van der Waals surface area (Å²) in [4.78, 5) is 37.2.